The molecule has 37 heavy (non-hydrogen) atoms. The van der Waals surface area contributed by atoms with Crippen molar-refractivity contribution in [2.45, 2.75) is 11.4 Å². The molecule has 0 aliphatic rings. The summed E-state index contributed by atoms with van der Waals surface area (Å²) in [6.07, 6.45) is 0. The molecule has 8 heteroatoms. The summed E-state index contributed by atoms with van der Waals surface area (Å²) in [5, 5.41) is 0. The van der Waals surface area contributed by atoms with Gasteiger partial charge >= 0.3 is 5.97 Å². The fraction of sp³-hybridized carbons (Fsp3) is 0.103. The molecule has 188 valence electrons. The predicted molar refractivity (Wildman–Crippen MR) is 140 cm³/mol. The number of anilines is 1. The minimum Gasteiger partial charge on any atom is -0.497 e. The number of esters is 1. The molecule has 0 fully saturated rings. The molecule has 4 aromatic carbocycles. The van der Waals surface area contributed by atoms with Gasteiger partial charge in [0.1, 0.15) is 5.75 Å². The average Bonchev–Trinajstić information content (AvgIpc) is 2.95. The maximum Gasteiger partial charge on any atom is 0.338 e. The molecule has 0 saturated heterocycles. The van der Waals surface area contributed by atoms with E-state index in [0.29, 0.717) is 17.0 Å². The van der Waals surface area contributed by atoms with Crippen molar-refractivity contribution >= 4 is 27.5 Å². The molecule has 0 heterocycles. The number of carbonyl (C=O) groups is 2. The number of methoxy groups -OCH3 is 1. The maximum atomic E-state index is 13.8. The van der Waals surface area contributed by atoms with Gasteiger partial charge in [-0.05, 0) is 48.0 Å². The van der Waals surface area contributed by atoms with Gasteiger partial charge in [-0.15, -0.1) is 0 Å². The van der Waals surface area contributed by atoms with Crippen LogP contribution >= 0.6 is 0 Å². The molecule has 0 atom stereocenters. The Morgan fingerprint density at radius 2 is 1.38 bits per heavy atom. The van der Waals surface area contributed by atoms with Crippen molar-refractivity contribution in [1.29, 1.82) is 0 Å². The van der Waals surface area contributed by atoms with Crippen LogP contribution in [-0.2, 0) is 21.3 Å². The van der Waals surface area contributed by atoms with Crippen LogP contribution in [0.1, 0.15) is 26.3 Å². The number of carbonyl (C=O) groups excluding carboxylic acids is 2. The predicted octanol–water partition coefficient (Wildman–Crippen LogP) is 5.13. The van der Waals surface area contributed by atoms with Gasteiger partial charge in [0.25, 0.3) is 10.0 Å². The van der Waals surface area contributed by atoms with Crippen molar-refractivity contribution in [1.82, 2.24) is 0 Å². The van der Waals surface area contributed by atoms with Crippen molar-refractivity contribution < 1.29 is 27.5 Å². The van der Waals surface area contributed by atoms with E-state index in [1.807, 2.05) is 30.3 Å². The summed E-state index contributed by atoms with van der Waals surface area (Å²) in [6.45, 7) is -0.373. The summed E-state index contributed by atoms with van der Waals surface area (Å²) in [4.78, 5) is 24.9. The molecule has 0 saturated carbocycles. The van der Waals surface area contributed by atoms with E-state index < -0.39 is 22.6 Å². The molecule has 0 aromatic heterocycles. The summed E-state index contributed by atoms with van der Waals surface area (Å²) in [6, 6.07) is 29.9. The summed E-state index contributed by atoms with van der Waals surface area (Å²) in [5.41, 5.74) is 1.67. The molecular weight excluding hydrogens is 490 g/mol. The molecule has 0 radical (unpaired) electrons. The molecule has 0 bridgehead atoms. The minimum atomic E-state index is -4.08. The average molecular weight is 516 g/mol. The second kappa shape index (κ2) is 11.5. The van der Waals surface area contributed by atoms with Gasteiger partial charge in [-0.3, -0.25) is 9.10 Å². The molecule has 0 N–H and O–H groups in total. The van der Waals surface area contributed by atoms with Crippen LogP contribution in [0.15, 0.2) is 114 Å². The second-order valence-electron chi connectivity index (χ2n) is 8.09. The minimum absolute atomic E-state index is 0.0244. The summed E-state index contributed by atoms with van der Waals surface area (Å²) in [7, 11) is -2.55. The second-order valence-corrected chi connectivity index (χ2v) is 9.95. The van der Waals surface area contributed by atoms with Crippen molar-refractivity contribution in [3.05, 3.63) is 126 Å². The number of nitrogens with zero attached hydrogens (tertiary/aromatic N) is 1. The van der Waals surface area contributed by atoms with Gasteiger partial charge in [0.2, 0.25) is 0 Å². The molecule has 0 aliphatic heterocycles. The third-order valence-corrected chi connectivity index (χ3v) is 7.39. The Labute approximate surface area is 215 Å². The van der Waals surface area contributed by atoms with E-state index in [-0.39, 0.29) is 22.8 Å². The van der Waals surface area contributed by atoms with E-state index >= 15 is 0 Å². The van der Waals surface area contributed by atoms with Crippen LogP contribution in [0.2, 0.25) is 0 Å². The molecule has 0 amide bonds. The zero-order chi connectivity index (χ0) is 26.3. The van der Waals surface area contributed by atoms with Crippen molar-refractivity contribution in [2.75, 3.05) is 18.0 Å². The van der Waals surface area contributed by atoms with E-state index in [4.69, 9.17) is 9.47 Å². The lowest BCUT2D eigenvalue weighted by Crippen LogP contribution is -2.30. The molecule has 4 aromatic rings. The monoisotopic (exact) mass is 515 g/mol. The topological polar surface area (TPSA) is 90.0 Å². The molecule has 4 rings (SSSR count). The number of hydrogen-bond acceptors (Lipinski definition) is 6. The Balaban J connectivity index is 1.60. The normalized spacial score (nSPS) is 10.9. The number of ketones is 1. The van der Waals surface area contributed by atoms with Crippen LogP contribution in [0, 0.1) is 0 Å². The Kier molecular flexibility index (Phi) is 8.00. The van der Waals surface area contributed by atoms with Crippen LogP contribution in [0.5, 0.6) is 5.75 Å². The maximum absolute atomic E-state index is 13.8. The SMILES string of the molecule is COc1ccc(N(Cc2ccccc2)S(=O)(=O)c2cccc(C(=O)OCC(=O)c3ccccc3)c2)cc1. The molecule has 0 spiro atoms. The molecular formula is C29H25NO6S. The first-order valence-electron chi connectivity index (χ1n) is 11.4. The highest BCUT2D eigenvalue weighted by molar-refractivity contribution is 7.92. The Hall–Kier alpha value is -4.43. The highest BCUT2D eigenvalue weighted by Crippen LogP contribution is 2.28. The largest absolute Gasteiger partial charge is 0.497 e. The van der Waals surface area contributed by atoms with Gasteiger partial charge < -0.3 is 9.47 Å². The smallest absolute Gasteiger partial charge is 0.338 e. The summed E-state index contributed by atoms with van der Waals surface area (Å²) in [5.74, 6) is -0.553. The van der Waals surface area contributed by atoms with Crippen molar-refractivity contribution in [3.63, 3.8) is 0 Å². The van der Waals surface area contributed by atoms with Crippen LogP contribution < -0.4 is 9.04 Å². The first-order valence-corrected chi connectivity index (χ1v) is 12.9. The van der Waals surface area contributed by atoms with Crippen LogP contribution in [0.3, 0.4) is 0 Å². The fourth-order valence-corrected chi connectivity index (χ4v) is 5.14. The van der Waals surface area contributed by atoms with Crippen molar-refractivity contribution in [2.24, 2.45) is 0 Å². The zero-order valence-corrected chi connectivity index (χ0v) is 20.9. The van der Waals surface area contributed by atoms with Crippen LogP contribution in [0.25, 0.3) is 0 Å². The third kappa shape index (κ3) is 6.23. The lowest BCUT2D eigenvalue weighted by Gasteiger charge is -2.25. The van der Waals surface area contributed by atoms with Crippen molar-refractivity contribution in [3.8, 4) is 5.75 Å². The highest BCUT2D eigenvalue weighted by atomic mass is 32.2. The van der Waals surface area contributed by atoms with Gasteiger partial charge in [-0.25, -0.2) is 13.2 Å². The number of rotatable bonds is 10. The quantitative estimate of drug-likeness (QED) is 0.215. The highest BCUT2D eigenvalue weighted by Gasteiger charge is 2.26. The number of Topliss-reactive ketones (excluding diaryl/α,β-unsaturated/α-hetero) is 1. The van der Waals surface area contributed by atoms with Gasteiger partial charge in [-0.1, -0.05) is 66.7 Å². The summed E-state index contributed by atoms with van der Waals surface area (Å²) >= 11 is 0. The molecule has 0 unspecified atom stereocenters. The van der Waals surface area contributed by atoms with Crippen LogP contribution in [0.4, 0.5) is 5.69 Å². The number of ether oxygens (including phenoxy) is 2. The van der Waals surface area contributed by atoms with E-state index in [2.05, 4.69) is 0 Å². The van der Waals surface area contributed by atoms with E-state index in [1.54, 1.807) is 54.6 Å². The third-order valence-electron chi connectivity index (χ3n) is 5.62. The van der Waals surface area contributed by atoms with Gasteiger partial charge in [0.05, 0.1) is 29.8 Å². The zero-order valence-electron chi connectivity index (χ0n) is 20.1. The number of sulfonamides is 1. The molecule has 7 nitrogen and oxygen atoms in total. The Morgan fingerprint density at radius 3 is 2.03 bits per heavy atom. The van der Waals surface area contributed by atoms with E-state index in [0.717, 1.165) is 5.56 Å². The van der Waals surface area contributed by atoms with Gasteiger partial charge in [-0.2, -0.15) is 0 Å². The lowest BCUT2D eigenvalue weighted by molar-refractivity contribution is 0.0474. The standard InChI is InChI=1S/C29H25NO6S/c1-35-26-17-15-25(16-18-26)30(20-22-9-4-2-5-10-22)37(33,34)27-14-8-13-24(19-27)29(32)36-21-28(31)23-11-6-3-7-12-23/h2-19H,20-21H2,1H3. The van der Waals surface area contributed by atoms with E-state index in [1.165, 1.54) is 35.7 Å². The number of benzene rings is 4. The Bertz CT molecular complexity index is 1470. The Morgan fingerprint density at radius 1 is 0.757 bits per heavy atom. The molecule has 0 aliphatic carbocycles. The number of hydrogen-bond donors (Lipinski definition) is 0. The first kappa shape index (κ1) is 25.7. The summed E-state index contributed by atoms with van der Waals surface area (Å²) < 4.78 is 39.3. The van der Waals surface area contributed by atoms with E-state index in [9.17, 15) is 18.0 Å². The van der Waals surface area contributed by atoms with Gasteiger partial charge in [0, 0.05) is 5.56 Å². The lowest BCUT2D eigenvalue weighted by atomic mass is 10.1. The van der Waals surface area contributed by atoms with Crippen LogP contribution in [-0.4, -0.2) is 33.9 Å². The van der Waals surface area contributed by atoms with Gasteiger partial charge in [0.15, 0.2) is 12.4 Å². The fourth-order valence-electron chi connectivity index (χ4n) is 3.65. The first-order chi connectivity index (χ1) is 17.9.